The molecule has 6 heteroatoms. The highest BCUT2D eigenvalue weighted by Crippen LogP contribution is 2.41. The van der Waals surface area contributed by atoms with Gasteiger partial charge in [0.05, 0.1) is 23.5 Å². The van der Waals surface area contributed by atoms with Crippen molar-refractivity contribution in [3.63, 3.8) is 0 Å². The average molecular weight is 254 g/mol. The second kappa shape index (κ2) is 3.57. The molecule has 1 saturated carbocycles. The summed E-state index contributed by atoms with van der Waals surface area (Å²) >= 11 is 0. The van der Waals surface area contributed by atoms with E-state index in [1.807, 2.05) is 13.1 Å². The first-order valence-electron chi connectivity index (χ1n) is 6.35. The van der Waals surface area contributed by atoms with Gasteiger partial charge in [-0.3, -0.25) is 9.67 Å². The Kier molecular flexibility index (Phi) is 1.98. The highest BCUT2D eigenvalue weighted by Gasteiger charge is 2.29. The zero-order chi connectivity index (χ0) is 13.0. The summed E-state index contributed by atoms with van der Waals surface area (Å²) in [5, 5.41) is 4.21. The zero-order valence-corrected chi connectivity index (χ0v) is 10.6. The maximum Gasteiger partial charge on any atom is 0.146 e. The van der Waals surface area contributed by atoms with Gasteiger partial charge in [-0.1, -0.05) is 0 Å². The molecule has 3 aromatic rings. The van der Waals surface area contributed by atoms with E-state index in [-0.39, 0.29) is 0 Å². The van der Waals surface area contributed by atoms with Crippen LogP contribution in [0.5, 0.6) is 0 Å². The third kappa shape index (κ3) is 1.46. The first-order valence-corrected chi connectivity index (χ1v) is 6.35. The fraction of sp³-hybridized carbons (Fsp3) is 0.308. The van der Waals surface area contributed by atoms with Crippen molar-refractivity contribution in [3.05, 3.63) is 24.7 Å². The standard InChI is InChI=1S/C13H14N6/c1-18-12(14)9(6-16-18)13-17-10-7-15-5-4-11(10)19(13)8-2-3-8/h4-8H,2-3,14H2,1H3. The minimum atomic E-state index is 0.530. The Labute approximate surface area is 109 Å². The van der Waals surface area contributed by atoms with Gasteiger partial charge in [0.15, 0.2) is 0 Å². The molecular weight excluding hydrogens is 240 g/mol. The smallest absolute Gasteiger partial charge is 0.146 e. The summed E-state index contributed by atoms with van der Waals surface area (Å²) in [7, 11) is 1.84. The fourth-order valence-electron chi connectivity index (χ4n) is 2.46. The van der Waals surface area contributed by atoms with Gasteiger partial charge in [-0.05, 0) is 18.9 Å². The lowest BCUT2D eigenvalue weighted by molar-refractivity contribution is 0.773. The minimum absolute atomic E-state index is 0.530. The van der Waals surface area contributed by atoms with Crippen molar-refractivity contribution in [2.45, 2.75) is 18.9 Å². The Hall–Kier alpha value is -2.37. The molecular formula is C13H14N6. The van der Waals surface area contributed by atoms with Crippen LogP contribution in [0.3, 0.4) is 0 Å². The number of hydrogen-bond acceptors (Lipinski definition) is 4. The number of nitrogens with zero attached hydrogens (tertiary/aromatic N) is 5. The predicted octanol–water partition coefficient (Wildman–Crippen LogP) is 1.75. The van der Waals surface area contributed by atoms with Gasteiger partial charge in [-0.15, -0.1) is 0 Å². The van der Waals surface area contributed by atoms with Crippen LogP contribution in [0.1, 0.15) is 18.9 Å². The van der Waals surface area contributed by atoms with Crippen LogP contribution in [0.4, 0.5) is 5.82 Å². The molecule has 0 unspecified atom stereocenters. The molecule has 0 aromatic carbocycles. The number of anilines is 1. The topological polar surface area (TPSA) is 74.5 Å². The summed E-state index contributed by atoms with van der Waals surface area (Å²) in [5.74, 6) is 1.54. The molecule has 1 aliphatic carbocycles. The van der Waals surface area contributed by atoms with Crippen molar-refractivity contribution in [2.75, 3.05) is 5.73 Å². The number of aryl methyl sites for hydroxylation is 1. The van der Waals surface area contributed by atoms with Gasteiger partial charge in [0.25, 0.3) is 0 Å². The van der Waals surface area contributed by atoms with E-state index in [1.54, 1.807) is 23.3 Å². The third-order valence-corrected chi connectivity index (χ3v) is 3.63. The molecule has 3 aromatic heterocycles. The van der Waals surface area contributed by atoms with Crippen molar-refractivity contribution in [1.82, 2.24) is 24.3 Å². The lowest BCUT2D eigenvalue weighted by Gasteiger charge is -2.06. The number of rotatable bonds is 2. The largest absolute Gasteiger partial charge is 0.383 e. The lowest BCUT2D eigenvalue weighted by atomic mass is 10.3. The molecule has 0 aliphatic heterocycles. The highest BCUT2D eigenvalue weighted by atomic mass is 15.3. The molecule has 6 nitrogen and oxygen atoms in total. The molecule has 4 rings (SSSR count). The van der Waals surface area contributed by atoms with E-state index in [4.69, 9.17) is 5.73 Å². The molecule has 0 amide bonds. The maximum atomic E-state index is 6.08. The maximum absolute atomic E-state index is 6.08. The molecule has 19 heavy (non-hydrogen) atoms. The molecule has 1 fully saturated rings. The van der Waals surface area contributed by atoms with Crippen LogP contribution in [-0.2, 0) is 7.05 Å². The summed E-state index contributed by atoms with van der Waals surface area (Å²) < 4.78 is 3.94. The molecule has 0 bridgehead atoms. The summed E-state index contributed by atoms with van der Waals surface area (Å²) in [4.78, 5) is 8.83. The van der Waals surface area contributed by atoms with Crippen molar-refractivity contribution in [3.8, 4) is 11.4 Å². The second-order valence-corrected chi connectivity index (χ2v) is 4.97. The van der Waals surface area contributed by atoms with Crippen LogP contribution >= 0.6 is 0 Å². The molecule has 0 atom stereocenters. The van der Waals surface area contributed by atoms with Gasteiger partial charge in [0.1, 0.15) is 17.2 Å². The quantitative estimate of drug-likeness (QED) is 0.756. The Morgan fingerprint density at radius 3 is 2.84 bits per heavy atom. The van der Waals surface area contributed by atoms with Crippen molar-refractivity contribution in [2.24, 2.45) is 7.05 Å². The molecule has 2 N–H and O–H groups in total. The molecule has 3 heterocycles. The molecule has 0 saturated heterocycles. The lowest BCUT2D eigenvalue weighted by Crippen LogP contribution is -2.01. The molecule has 0 radical (unpaired) electrons. The van der Waals surface area contributed by atoms with Crippen molar-refractivity contribution in [1.29, 1.82) is 0 Å². The SMILES string of the molecule is Cn1ncc(-c2nc3cnccc3n2C2CC2)c1N. The van der Waals surface area contributed by atoms with Gasteiger partial charge in [0.2, 0.25) is 0 Å². The first-order chi connectivity index (χ1) is 9.25. The van der Waals surface area contributed by atoms with E-state index in [1.165, 1.54) is 12.8 Å². The zero-order valence-electron chi connectivity index (χ0n) is 10.6. The normalized spacial score (nSPS) is 15.2. The van der Waals surface area contributed by atoms with E-state index in [2.05, 4.69) is 19.6 Å². The van der Waals surface area contributed by atoms with Crippen molar-refractivity contribution < 1.29 is 0 Å². The second-order valence-electron chi connectivity index (χ2n) is 4.97. The summed E-state index contributed by atoms with van der Waals surface area (Å²) in [6, 6.07) is 2.54. The monoisotopic (exact) mass is 254 g/mol. The number of nitrogens with two attached hydrogens (primary N) is 1. The minimum Gasteiger partial charge on any atom is -0.383 e. The van der Waals surface area contributed by atoms with Gasteiger partial charge in [-0.2, -0.15) is 5.10 Å². The van der Waals surface area contributed by atoms with Crippen LogP contribution in [0.2, 0.25) is 0 Å². The number of hydrogen-bond donors (Lipinski definition) is 1. The number of imidazole rings is 1. The Morgan fingerprint density at radius 2 is 2.16 bits per heavy atom. The summed E-state index contributed by atoms with van der Waals surface area (Å²) in [5.41, 5.74) is 9.00. The fourth-order valence-corrected chi connectivity index (χ4v) is 2.46. The average Bonchev–Trinajstić information content (AvgIpc) is 3.11. The van der Waals surface area contributed by atoms with Crippen LogP contribution in [0.15, 0.2) is 24.7 Å². The van der Waals surface area contributed by atoms with Gasteiger partial charge in [-0.25, -0.2) is 4.98 Å². The van der Waals surface area contributed by atoms with E-state index in [0.717, 1.165) is 22.4 Å². The molecule has 96 valence electrons. The number of aromatic nitrogens is 5. The Morgan fingerprint density at radius 1 is 1.32 bits per heavy atom. The van der Waals surface area contributed by atoms with E-state index in [0.29, 0.717) is 11.9 Å². The van der Waals surface area contributed by atoms with Gasteiger partial charge >= 0.3 is 0 Å². The molecule has 1 aliphatic rings. The van der Waals surface area contributed by atoms with Crippen molar-refractivity contribution >= 4 is 16.9 Å². The van der Waals surface area contributed by atoms with Gasteiger partial charge in [0, 0.05) is 19.3 Å². The summed E-state index contributed by atoms with van der Waals surface area (Å²) in [6.07, 6.45) is 7.77. The third-order valence-electron chi connectivity index (χ3n) is 3.63. The Bertz CT molecular complexity index is 765. The van der Waals surface area contributed by atoms with Gasteiger partial charge < -0.3 is 10.3 Å². The predicted molar refractivity (Wildman–Crippen MR) is 72.4 cm³/mol. The van der Waals surface area contributed by atoms with Crippen LogP contribution < -0.4 is 5.73 Å². The molecule has 0 spiro atoms. The highest BCUT2D eigenvalue weighted by molar-refractivity contribution is 5.82. The van der Waals surface area contributed by atoms with Crippen LogP contribution in [0.25, 0.3) is 22.4 Å². The van der Waals surface area contributed by atoms with Crippen LogP contribution in [0, 0.1) is 0 Å². The van der Waals surface area contributed by atoms with E-state index in [9.17, 15) is 0 Å². The Balaban J connectivity index is 2.03. The van der Waals surface area contributed by atoms with Crippen LogP contribution in [-0.4, -0.2) is 24.3 Å². The number of nitrogen functional groups attached to an aromatic ring is 1. The van der Waals surface area contributed by atoms with E-state index >= 15 is 0 Å². The van der Waals surface area contributed by atoms with E-state index < -0.39 is 0 Å². The number of fused-ring (bicyclic) bond motifs is 1. The first kappa shape index (κ1) is 10.5. The summed E-state index contributed by atoms with van der Waals surface area (Å²) in [6.45, 7) is 0. The number of pyridine rings is 1.